The van der Waals surface area contributed by atoms with Crippen LogP contribution in [-0.4, -0.2) is 11.8 Å². The molecule has 0 bridgehead atoms. The van der Waals surface area contributed by atoms with E-state index in [9.17, 15) is 4.39 Å². The van der Waals surface area contributed by atoms with Crippen molar-refractivity contribution >= 4 is 6.21 Å². The molecule has 0 saturated heterocycles. The topological polar surface area (TPSA) is 21.6 Å². The minimum atomic E-state index is -0.241. The maximum absolute atomic E-state index is 13.1. The molecule has 0 spiro atoms. The average Bonchev–Trinajstić information content (AvgIpc) is 2.93. The molecule has 1 aliphatic heterocycles. The molecule has 3 rings (SSSR count). The molecule has 0 radical (unpaired) electrons. The summed E-state index contributed by atoms with van der Waals surface area (Å²) in [5, 5.41) is 0. The van der Waals surface area contributed by atoms with E-state index in [2.05, 4.69) is 18.0 Å². The maximum atomic E-state index is 13.1. The zero-order valence-corrected chi connectivity index (χ0v) is 12.5. The van der Waals surface area contributed by atoms with Crippen LogP contribution in [0.15, 0.2) is 65.7 Å². The molecule has 1 atom stereocenters. The van der Waals surface area contributed by atoms with E-state index in [0.717, 1.165) is 17.7 Å². The molecule has 0 aliphatic carbocycles. The Labute approximate surface area is 130 Å². The summed E-state index contributed by atoms with van der Waals surface area (Å²) in [5.74, 6) is 0.540. The van der Waals surface area contributed by atoms with Crippen molar-refractivity contribution in [3.8, 4) is 5.75 Å². The highest BCUT2D eigenvalue weighted by molar-refractivity contribution is 5.75. The Morgan fingerprint density at radius 3 is 2.59 bits per heavy atom. The number of ether oxygens (including phenoxy) is 1. The van der Waals surface area contributed by atoms with Crippen LogP contribution in [0, 0.1) is 5.82 Å². The predicted molar refractivity (Wildman–Crippen MR) is 86.9 cm³/mol. The van der Waals surface area contributed by atoms with Crippen molar-refractivity contribution in [1.82, 2.24) is 0 Å². The Balaban J connectivity index is 1.60. The molecule has 0 aromatic heterocycles. The van der Waals surface area contributed by atoms with Gasteiger partial charge in [-0.3, -0.25) is 4.99 Å². The fourth-order valence-corrected chi connectivity index (χ4v) is 2.52. The van der Waals surface area contributed by atoms with Gasteiger partial charge in [-0.2, -0.15) is 0 Å². The lowest BCUT2D eigenvalue weighted by Crippen LogP contribution is -2.19. The molecular weight excluding hydrogens is 277 g/mol. The summed E-state index contributed by atoms with van der Waals surface area (Å²) in [4.78, 5) is 4.47. The van der Waals surface area contributed by atoms with Gasteiger partial charge in [-0.1, -0.05) is 30.3 Å². The fraction of sp³-hybridized carbons (Fsp3) is 0.211. The molecule has 0 fully saturated rings. The first-order valence-corrected chi connectivity index (χ1v) is 7.32. The van der Waals surface area contributed by atoms with Gasteiger partial charge in [0.05, 0.1) is 5.54 Å². The number of halogens is 1. The predicted octanol–water partition coefficient (Wildman–Crippen LogP) is 4.35. The molecule has 0 N–H and O–H groups in total. The Bertz CT molecular complexity index is 692. The van der Waals surface area contributed by atoms with Gasteiger partial charge in [0.25, 0.3) is 0 Å². The Morgan fingerprint density at radius 2 is 1.91 bits per heavy atom. The van der Waals surface area contributed by atoms with Gasteiger partial charge in [-0.25, -0.2) is 4.39 Å². The van der Waals surface area contributed by atoms with E-state index < -0.39 is 0 Å². The van der Waals surface area contributed by atoms with Crippen molar-refractivity contribution in [2.24, 2.45) is 4.99 Å². The summed E-state index contributed by atoms with van der Waals surface area (Å²) in [7, 11) is 0. The van der Waals surface area contributed by atoms with Crippen molar-refractivity contribution in [3.63, 3.8) is 0 Å². The standard InChI is InChI=1S/C19H18FNO/c1-19(10-3-11-21-19)13-15-6-8-18(9-7-15)22-14-16-4-2-5-17(20)12-16/h2-12H,13-14H2,1H3. The van der Waals surface area contributed by atoms with E-state index in [1.54, 1.807) is 6.07 Å². The van der Waals surface area contributed by atoms with Gasteiger partial charge in [-0.05, 0) is 48.4 Å². The molecule has 0 saturated carbocycles. The van der Waals surface area contributed by atoms with Crippen LogP contribution in [0.4, 0.5) is 4.39 Å². The van der Waals surface area contributed by atoms with Crippen LogP contribution in [0.3, 0.4) is 0 Å². The fourth-order valence-electron chi connectivity index (χ4n) is 2.52. The summed E-state index contributed by atoms with van der Waals surface area (Å²) in [6.45, 7) is 2.48. The number of allylic oxidation sites excluding steroid dienone is 1. The van der Waals surface area contributed by atoms with E-state index in [1.807, 2.05) is 42.6 Å². The third-order valence-corrected chi connectivity index (χ3v) is 3.69. The normalized spacial score (nSPS) is 19.5. The first kappa shape index (κ1) is 14.5. The van der Waals surface area contributed by atoms with Gasteiger partial charge in [0, 0.05) is 12.6 Å². The molecule has 1 unspecified atom stereocenters. The lowest BCUT2D eigenvalue weighted by molar-refractivity contribution is 0.305. The first-order chi connectivity index (χ1) is 10.6. The Kier molecular flexibility index (Phi) is 4.05. The highest BCUT2D eigenvalue weighted by Gasteiger charge is 2.21. The zero-order chi connectivity index (χ0) is 15.4. The third-order valence-electron chi connectivity index (χ3n) is 3.69. The van der Waals surface area contributed by atoms with Crippen LogP contribution in [0.25, 0.3) is 0 Å². The van der Waals surface area contributed by atoms with E-state index in [0.29, 0.717) is 6.61 Å². The van der Waals surface area contributed by atoms with Crippen LogP contribution in [0.2, 0.25) is 0 Å². The van der Waals surface area contributed by atoms with Gasteiger partial charge in [-0.15, -0.1) is 0 Å². The van der Waals surface area contributed by atoms with Crippen molar-refractivity contribution in [2.45, 2.75) is 25.5 Å². The first-order valence-electron chi connectivity index (χ1n) is 7.32. The molecular formula is C19H18FNO. The number of benzene rings is 2. The minimum Gasteiger partial charge on any atom is -0.489 e. The number of hydrogen-bond acceptors (Lipinski definition) is 2. The van der Waals surface area contributed by atoms with Gasteiger partial charge >= 0.3 is 0 Å². The van der Waals surface area contributed by atoms with Crippen LogP contribution in [-0.2, 0) is 13.0 Å². The molecule has 1 aliphatic rings. The van der Waals surface area contributed by atoms with Crippen molar-refractivity contribution < 1.29 is 9.13 Å². The number of rotatable bonds is 5. The summed E-state index contributed by atoms with van der Waals surface area (Å²) in [6.07, 6.45) is 6.80. The Hall–Kier alpha value is -2.42. The molecule has 0 amide bonds. The lowest BCUT2D eigenvalue weighted by Gasteiger charge is -2.18. The lowest BCUT2D eigenvalue weighted by atomic mass is 9.94. The second kappa shape index (κ2) is 6.14. The SMILES string of the molecule is CC1(Cc2ccc(OCc3cccc(F)c3)cc2)C=CC=N1. The van der Waals surface area contributed by atoms with Crippen LogP contribution in [0.1, 0.15) is 18.1 Å². The van der Waals surface area contributed by atoms with E-state index in [4.69, 9.17) is 4.74 Å². The number of hydrogen-bond donors (Lipinski definition) is 0. The summed E-state index contributed by atoms with van der Waals surface area (Å²) < 4.78 is 18.8. The van der Waals surface area contributed by atoms with Crippen molar-refractivity contribution in [2.75, 3.05) is 0 Å². The maximum Gasteiger partial charge on any atom is 0.123 e. The summed E-state index contributed by atoms with van der Waals surface area (Å²) >= 11 is 0. The highest BCUT2D eigenvalue weighted by atomic mass is 19.1. The van der Waals surface area contributed by atoms with E-state index in [1.165, 1.54) is 17.7 Å². The van der Waals surface area contributed by atoms with Crippen LogP contribution < -0.4 is 4.74 Å². The quantitative estimate of drug-likeness (QED) is 0.803. The molecule has 112 valence electrons. The van der Waals surface area contributed by atoms with Crippen molar-refractivity contribution in [1.29, 1.82) is 0 Å². The highest BCUT2D eigenvalue weighted by Crippen LogP contribution is 2.23. The van der Waals surface area contributed by atoms with Gasteiger partial charge in [0.15, 0.2) is 0 Å². The zero-order valence-electron chi connectivity index (χ0n) is 12.5. The average molecular weight is 295 g/mol. The van der Waals surface area contributed by atoms with Gasteiger partial charge in [0.2, 0.25) is 0 Å². The Morgan fingerprint density at radius 1 is 1.09 bits per heavy atom. The van der Waals surface area contributed by atoms with Gasteiger partial charge in [0.1, 0.15) is 18.2 Å². The second-order valence-electron chi connectivity index (χ2n) is 5.73. The molecule has 1 heterocycles. The second-order valence-corrected chi connectivity index (χ2v) is 5.73. The van der Waals surface area contributed by atoms with Crippen LogP contribution >= 0.6 is 0 Å². The van der Waals surface area contributed by atoms with Crippen molar-refractivity contribution in [3.05, 3.63) is 77.6 Å². The smallest absolute Gasteiger partial charge is 0.123 e. The van der Waals surface area contributed by atoms with E-state index >= 15 is 0 Å². The molecule has 2 aromatic rings. The largest absolute Gasteiger partial charge is 0.489 e. The summed E-state index contributed by atoms with van der Waals surface area (Å²) in [6, 6.07) is 14.4. The molecule has 2 nitrogen and oxygen atoms in total. The van der Waals surface area contributed by atoms with E-state index in [-0.39, 0.29) is 11.4 Å². The molecule has 3 heteroatoms. The third kappa shape index (κ3) is 3.61. The monoisotopic (exact) mass is 295 g/mol. The molecule has 2 aromatic carbocycles. The summed E-state index contributed by atoms with van der Waals surface area (Å²) in [5.41, 5.74) is 1.90. The minimum absolute atomic E-state index is 0.135. The number of nitrogens with zero attached hydrogens (tertiary/aromatic N) is 1. The molecule has 22 heavy (non-hydrogen) atoms. The van der Waals surface area contributed by atoms with Gasteiger partial charge < -0.3 is 4.74 Å². The number of aliphatic imine (C=N–C) groups is 1. The van der Waals surface area contributed by atoms with Crippen LogP contribution in [0.5, 0.6) is 5.75 Å².